The smallest absolute Gasteiger partial charge is 0.253 e. The largest absolute Gasteiger partial charge is 0.339 e. The highest BCUT2D eigenvalue weighted by molar-refractivity contribution is 7.89. The van der Waals surface area contributed by atoms with E-state index in [-0.39, 0.29) is 24.1 Å². The van der Waals surface area contributed by atoms with Crippen molar-refractivity contribution in [3.05, 3.63) is 42.2 Å². The molecule has 1 saturated carbocycles. The summed E-state index contributed by atoms with van der Waals surface area (Å²) < 4.78 is 40.3. The van der Waals surface area contributed by atoms with Gasteiger partial charge in [-0.05, 0) is 43.9 Å². The Morgan fingerprint density at radius 2 is 2.17 bits per heavy atom. The molecule has 1 N–H and O–H groups in total. The third-order valence-electron chi connectivity index (χ3n) is 4.12. The number of rotatable bonds is 7. The predicted molar refractivity (Wildman–Crippen MR) is 86.1 cm³/mol. The normalized spacial score (nSPS) is 16.0. The molecule has 1 aromatic rings. The van der Waals surface area contributed by atoms with Gasteiger partial charge in [0.1, 0.15) is 10.7 Å². The first-order valence-electron chi connectivity index (χ1n) is 7.45. The van der Waals surface area contributed by atoms with Gasteiger partial charge in [-0.25, -0.2) is 17.5 Å². The fraction of sp³-hybridized carbons (Fsp3) is 0.438. The molecule has 2 rings (SSSR count). The maximum Gasteiger partial charge on any atom is 0.253 e. The second kappa shape index (κ2) is 6.80. The van der Waals surface area contributed by atoms with E-state index in [4.69, 9.17) is 0 Å². The minimum absolute atomic E-state index is 0.0153. The lowest BCUT2D eigenvalue weighted by atomic mass is 10.1. The van der Waals surface area contributed by atoms with Crippen LogP contribution in [0, 0.1) is 11.7 Å². The molecule has 1 aliphatic rings. The number of halogens is 1. The molecule has 0 bridgehead atoms. The molecule has 0 aromatic heterocycles. The number of benzene rings is 1. The number of hydrogen-bond donors (Lipinski definition) is 1. The molecule has 126 valence electrons. The molecule has 0 spiro atoms. The van der Waals surface area contributed by atoms with Gasteiger partial charge in [-0.3, -0.25) is 4.79 Å². The summed E-state index contributed by atoms with van der Waals surface area (Å²) in [6, 6.07) is 3.47. The van der Waals surface area contributed by atoms with E-state index in [1.807, 2.05) is 6.92 Å². The van der Waals surface area contributed by atoms with Crippen LogP contribution in [0.25, 0.3) is 0 Å². The Morgan fingerprint density at radius 1 is 1.52 bits per heavy atom. The van der Waals surface area contributed by atoms with Gasteiger partial charge in [0.2, 0.25) is 10.0 Å². The summed E-state index contributed by atoms with van der Waals surface area (Å²) in [4.78, 5) is 13.5. The van der Waals surface area contributed by atoms with Crippen LogP contribution in [-0.4, -0.2) is 38.9 Å². The summed E-state index contributed by atoms with van der Waals surface area (Å²) >= 11 is 0. The van der Waals surface area contributed by atoms with Crippen molar-refractivity contribution < 1.29 is 17.6 Å². The van der Waals surface area contributed by atoms with Crippen LogP contribution in [0.2, 0.25) is 0 Å². The molecule has 5 nitrogen and oxygen atoms in total. The lowest BCUT2D eigenvalue weighted by Gasteiger charge is -2.25. The van der Waals surface area contributed by atoms with Crippen molar-refractivity contribution >= 4 is 15.9 Å². The number of nitrogens with one attached hydrogen (secondary N) is 1. The van der Waals surface area contributed by atoms with Gasteiger partial charge >= 0.3 is 0 Å². The highest BCUT2D eigenvalue weighted by atomic mass is 32.2. The molecule has 1 amide bonds. The zero-order valence-corrected chi connectivity index (χ0v) is 14.1. The molecule has 1 aromatic carbocycles. The van der Waals surface area contributed by atoms with Gasteiger partial charge in [0.25, 0.3) is 5.91 Å². The predicted octanol–water partition coefficient (Wildman–Crippen LogP) is 2.16. The van der Waals surface area contributed by atoms with E-state index in [0.29, 0.717) is 5.92 Å². The lowest BCUT2D eigenvalue weighted by molar-refractivity contribution is 0.0727. The van der Waals surface area contributed by atoms with Crippen LogP contribution in [-0.2, 0) is 10.0 Å². The van der Waals surface area contributed by atoms with Gasteiger partial charge in [-0.2, -0.15) is 0 Å². The molecule has 0 heterocycles. The fourth-order valence-electron chi connectivity index (χ4n) is 2.37. The van der Waals surface area contributed by atoms with Crippen LogP contribution < -0.4 is 4.72 Å². The van der Waals surface area contributed by atoms with Crippen LogP contribution in [0.1, 0.15) is 30.1 Å². The van der Waals surface area contributed by atoms with Crippen molar-refractivity contribution in [3.63, 3.8) is 0 Å². The van der Waals surface area contributed by atoms with Crippen molar-refractivity contribution in [3.8, 4) is 0 Å². The third kappa shape index (κ3) is 3.97. The first-order chi connectivity index (χ1) is 10.8. The number of amides is 1. The molecule has 1 aliphatic carbocycles. The second-order valence-electron chi connectivity index (χ2n) is 5.78. The van der Waals surface area contributed by atoms with E-state index in [1.165, 1.54) is 12.1 Å². The minimum atomic E-state index is -4.03. The van der Waals surface area contributed by atoms with Gasteiger partial charge in [-0.15, -0.1) is 6.58 Å². The highest BCUT2D eigenvalue weighted by Gasteiger charge is 2.33. The molecule has 0 aliphatic heterocycles. The molecule has 0 radical (unpaired) electrons. The minimum Gasteiger partial charge on any atom is -0.339 e. The van der Waals surface area contributed by atoms with E-state index < -0.39 is 20.7 Å². The zero-order valence-electron chi connectivity index (χ0n) is 13.3. The molecular weight excluding hydrogens is 319 g/mol. The van der Waals surface area contributed by atoms with Gasteiger partial charge in [0, 0.05) is 25.2 Å². The summed E-state index contributed by atoms with van der Waals surface area (Å²) in [5, 5.41) is 0. The molecule has 1 fully saturated rings. The molecule has 1 atom stereocenters. The van der Waals surface area contributed by atoms with Crippen molar-refractivity contribution in [1.29, 1.82) is 0 Å². The number of nitrogens with zero attached hydrogens (tertiary/aromatic N) is 1. The van der Waals surface area contributed by atoms with Crippen molar-refractivity contribution in [1.82, 2.24) is 9.62 Å². The zero-order chi connectivity index (χ0) is 17.2. The van der Waals surface area contributed by atoms with E-state index in [0.717, 1.165) is 25.0 Å². The van der Waals surface area contributed by atoms with Gasteiger partial charge in [0.15, 0.2) is 0 Å². The molecular formula is C16H21FN2O3S. The number of carbonyl (C=O) groups excluding carboxylic acids is 1. The summed E-state index contributed by atoms with van der Waals surface area (Å²) in [5.41, 5.74) is 0.153. The Morgan fingerprint density at radius 3 is 2.74 bits per heavy atom. The summed E-state index contributed by atoms with van der Waals surface area (Å²) in [6.45, 7) is 5.35. The summed E-state index contributed by atoms with van der Waals surface area (Å²) in [6.07, 6.45) is 3.54. The van der Waals surface area contributed by atoms with Crippen molar-refractivity contribution in [2.75, 3.05) is 13.6 Å². The van der Waals surface area contributed by atoms with Crippen LogP contribution in [0.15, 0.2) is 35.7 Å². The average Bonchev–Trinajstić information content (AvgIpc) is 3.36. The van der Waals surface area contributed by atoms with Crippen LogP contribution in [0.5, 0.6) is 0 Å². The topological polar surface area (TPSA) is 66.5 Å². The lowest BCUT2D eigenvalue weighted by Crippen LogP contribution is -2.36. The van der Waals surface area contributed by atoms with E-state index >= 15 is 0 Å². The number of sulfonamides is 1. The molecule has 0 saturated heterocycles. The quantitative estimate of drug-likeness (QED) is 0.774. The molecule has 7 heteroatoms. The van der Waals surface area contributed by atoms with E-state index in [9.17, 15) is 17.6 Å². The monoisotopic (exact) mass is 340 g/mol. The van der Waals surface area contributed by atoms with Crippen molar-refractivity contribution in [2.24, 2.45) is 5.92 Å². The average molecular weight is 340 g/mol. The highest BCUT2D eigenvalue weighted by Crippen LogP contribution is 2.35. The third-order valence-corrected chi connectivity index (χ3v) is 5.56. The second-order valence-corrected chi connectivity index (χ2v) is 7.52. The van der Waals surface area contributed by atoms with E-state index in [2.05, 4.69) is 11.3 Å². The first-order valence-corrected chi connectivity index (χ1v) is 8.93. The standard InChI is InChI=1S/C16H21FN2O3S/c1-4-9-18-23(21,22)15-10-13(7-8-14(15)17)16(20)19(3)11(2)12-5-6-12/h4,7-8,10-12,18H,1,5-6,9H2,2-3H3. The van der Waals surface area contributed by atoms with Gasteiger partial charge in [0.05, 0.1) is 0 Å². The molecule has 23 heavy (non-hydrogen) atoms. The van der Waals surface area contributed by atoms with Crippen LogP contribution in [0.4, 0.5) is 4.39 Å². The fourth-order valence-corrected chi connectivity index (χ4v) is 3.47. The Balaban J connectivity index is 2.29. The van der Waals surface area contributed by atoms with E-state index in [1.54, 1.807) is 11.9 Å². The Kier molecular flexibility index (Phi) is 5.21. The van der Waals surface area contributed by atoms with Crippen LogP contribution >= 0.6 is 0 Å². The van der Waals surface area contributed by atoms with Gasteiger partial charge in [-0.1, -0.05) is 6.08 Å². The maximum atomic E-state index is 13.9. The summed E-state index contributed by atoms with van der Waals surface area (Å²) in [7, 11) is -2.35. The Hall–Kier alpha value is -1.73. The Labute approximate surface area is 136 Å². The SMILES string of the molecule is C=CCNS(=O)(=O)c1cc(C(=O)N(C)C(C)C2CC2)ccc1F. The number of hydrogen-bond acceptors (Lipinski definition) is 3. The Bertz CT molecular complexity index is 714. The van der Waals surface area contributed by atoms with Crippen LogP contribution in [0.3, 0.4) is 0 Å². The first kappa shape index (κ1) is 17.6. The maximum absolute atomic E-state index is 13.9. The number of carbonyl (C=O) groups is 1. The molecule has 1 unspecified atom stereocenters. The summed E-state index contributed by atoms with van der Waals surface area (Å²) in [5.74, 6) is -0.720. The van der Waals surface area contributed by atoms with Gasteiger partial charge < -0.3 is 4.90 Å². The van der Waals surface area contributed by atoms with Crippen molar-refractivity contribution in [2.45, 2.75) is 30.7 Å².